The second kappa shape index (κ2) is 5.14. The van der Waals surface area contributed by atoms with Crippen molar-refractivity contribution in [1.82, 2.24) is 9.59 Å². The van der Waals surface area contributed by atoms with Gasteiger partial charge in [-0.2, -0.15) is 0 Å². The molecule has 1 aromatic heterocycles. The fraction of sp³-hybridized carbons (Fsp3) is 0.200. The number of anilines is 1. The summed E-state index contributed by atoms with van der Waals surface area (Å²) < 4.78 is 8.85. The van der Waals surface area contributed by atoms with Crippen molar-refractivity contribution < 1.29 is 4.74 Å². The van der Waals surface area contributed by atoms with Crippen LogP contribution in [-0.4, -0.2) is 16.7 Å². The van der Waals surface area contributed by atoms with E-state index in [1.54, 1.807) is 7.11 Å². The van der Waals surface area contributed by atoms with E-state index in [0.717, 1.165) is 11.4 Å². The zero-order valence-corrected chi connectivity index (χ0v) is 10.2. The summed E-state index contributed by atoms with van der Waals surface area (Å²) in [6.07, 6.45) is 0. The van der Waals surface area contributed by atoms with Crippen molar-refractivity contribution in [3.05, 3.63) is 34.3 Å². The van der Waals surface area contributed by atoms with Crippen LogP contribution in [0.25, 0.3) is 0 Å². The molecule has 2 aromatic rings. The number of hydrogen-bond acceptors (Lipinski definition) is 5. The molecule has 0 bridgehead atoms. The third kappa shape index (κ3) is 2.62. The quantitative estimate of drug-likeness (QED) is 0.913. The highest BCUT2D eigenvalue weighted by Crippen LogP contribution is 2.27. The average Bonchev–Trinajstić information content (AvgIpc) is 2.79. The zero-order chi connectivity index (χ0) is 11.4. The predicted molar refractivity (Wildman–Crippen MR) is 65.2 cm³/mol. The molecule has 6 heteroatoms. The Bertz CT molecular complexity index is 461. The first kappa shape index (κ1) is 11.2. The maximum absolute atomic E-state index is 6.00. The van der Waals surface area contributed by atoms with E-state index in [0.29, 0.717) is 17.3 Å². The van der Waals surface area contributed by atoms with Crippen LogP contribution in [0.2, 0.25) is 5.02 Å². The third-order valence-corrected chi connectivity index (χ3v) is 2.88. The maximum atomic E-state index is 6.00. The van der Waals surface area contributed by atoms with E-state index in [1.807, 2.05) is 23.6 Å². The SMILES string of the molecule is COc1ccc(NCc2csnn2)cc1Cl. The summed E-state index contributed by atoms with van der Waals surface area (Å²) in [5, 5.41) is 9.63. The summed E-state index contributed by atoms with van der Waals surface area (Å²) in [4.78, 5) is 0. The topological polar surface area (TPSA) is 47.0 Å². The number of nitrogens with one attached hydrogen (secondary N) is 1. The van der Waals surface area contributed by atoms with Crippen molar-refractivity contribution in [1.29, 1.82) is 0 Å². The van der Waals surface area contributed by atoms with Gasteiger partial charge in [-0.05, 0) is 29.7 Å². The molecule has 16 heavy (non-hydrogen) atoms. The van der Waals surface area contributed by atoms with Crippen LogP contribution in [0.3, 0.4) is 0 Å². The molecule has 2 rings (SSSR count). The summed E-state index contributed by atoms with van der Waals surface area (Å²) >= 11 is 7.34. The Labute approximate surface area is 102 Å². The Kier molecular flexibility index (Phi) is 3.58. The number of aromatic nitrogens is 2. The minimum atomic E-state index is 0.587. The van der Waals surface area contributed by atoms with Crippen LogP contribution in [0.1, 0.15) is 5.69 Å². The van der Waals surface area contributed by atoms with Gasteiger partial charge >= 0.3 is 0 Å². The number of nitrogens with zero attached hydrogens (tertiary/aromatic N) is 2. The van der Waals surface area contributed by atoms with Crippen LogP contribution >= 0.6 is 23.1 Å². The van der Waals surface area contributed by atoms with Crippen molar-refractivity contribution in [2.24, 2.45) is 0 Å². The first-order valence-electron chi connectivity index (χ1n) is 4.63. The van der Waals surface area contributed by atoms with E-state index in [2.05, 4.69) is 14.9 Å². The largest absolute Gasteiger partial charge is 0.495 e. The van der Waals surface area contributed by atoms with Gasteiger partial charge in [0.05, 0.1) is 24.4 Å². The Morgan fingerprint density at radius 1 is 1.50 bits per heavy atom. The van der Waals surface area contributed by atoms with Gasteiger partial charge in [0.15, 0.2) is 0 Å². The summed E-state index contributed by atoms with van der Waals surface area (Å²) in [6.45, 7) is 0.638. The lowest BCUT2D eigenvalue weighted by atomic mass is 10.3. The first-order valence-corrected chi connectivity index (χ1v) is 5.84. The Hall–Kier alpha value is -1.33. The third-order valence-electron chi connectivity index (χ3n) is 2.03. The molecule has 0 aliphatic carbocycles. The molecule has 0 radical (unpaired) electrons. The Morgan fingerprint density at radius 2 is 2.38 bits per heavy atom. The van der Waals surface area contributed by atoms with E-state index >= 15 is 0 Å². The Morgan fingerprint density at radius 3 is 3.00 bits per heavy atom. The summed E-state index contributed by atoms with van der Waals surface area (Å²) in [5.41, 5.74) is 1.84. The van der Waals surface area contributed by atoms with Crippen LogP contribution in [0.5, 0.6) is 5.75 Å². The fourth-order valence-corrected chi connectivity index (χ4v) is 1.94. The molecule has 0 saturated carbocycles. The molecule has 1 aromatic carbocycles. The molecule has 0 atom stereocenters. The molecule has 0 aliphatic rings. The van der Waals surface area contributed by atoms with Crippen molar-refractivity contribution in [2.75, 3.05) is 12.4 Å². The van der Waals surface area contributed by atoms with E-state index in [4.69, 9.17) is 16.3 Å². The van der Waals surface area contributed by atoms with Crippen molar-refractivity contribution in [3.8, 4) is 5.75 Å². The minimum Gasteiger partial charge on any atom is -0.495 e. The van der Waals surface area contributed by atoms with Gasteiger partial charge in [0.25, 0.3) is 0 Å². The minimum absolute atomic E-state index is 0.587. The second-order valence-electron chi connectivity index (χ2n) is 3.10. The number of methoxy groups -OCH3 is 1. The second-order valence-corrected chi connectivity index (χ2v) is 4.12. The molecule has 1 N–H and O–H groups in total. The molecule has 0 aliphatic heterocycles. The van der Waals surface area contributed by atoms with Crippen LogP contribution in [-0.2, 0) is 6.54 Å². The van der Waals surface area contributed by atoms with Gasteiger partial charge in [-0.3, -0.25) is 0 Å². The van der Waals surface area contributed by atoms with Crippen LogP contribution in [0.15, 0.2) is 23.6 Å². The van der Waals surface area contributed by atoms with Crippen LogP contribution in [0, 0.1) is 0 Å². The lowest BCUT2D eigenvalue weighted by Crippen LogP contribution is -1.99. The number of hydrogen-bond donors (Lipinski definition) is 1. The van der Waals surface area contributed by atoms with Gasteiger partial charge in [0.2, 0.25) is 0 Å². The molecule has 0 fully saturated rings. The normalized spacial score (nSPS) is 10.1. The molecular formula is C10H10ClN3OS. The van der Waals surface area contributed by atoms with Gasteiger partial charge < -0.3 is 10.1 Å². The summed E-state index contributed by atoms with van der Waals surface area (Å²) in [7, 11) is 1.59. The van der Waals surface area contributed by atoms with E-state index < -0.39 is 0 Å². The molecule has 0 amide bonds. The smallest absolute Gasteiger partial charge is 0.137 e. The van der Waals surface area contributed by atoms with Crippen LogP contribution < -0.4 is 10.1 Å². The van der Waals surface area contributed by atoms with E-state index in [-0.39, 0.29) is 0 Å². The van der Waals surface area contributed by atoms with E-state index in [1.165, 1.54) is 11.5 Å². The van der Waals surface area contributed by atoms with Crippen molar-refractivity contribution in [3.63, 3.8) is 0 Å². The first-order chi connectivity index (χ1) is 7.79. The van der Waals surface area contributed by atoms with Crippen LogP contribution in [0.4, 0.5) is 5.69 Å². The molecule has 84 valence electrons. The lowest BCUT2D eigenvalue weighted by molar-refractivity contribution is 0.415. The summed E-state index contributed by atoms with van der Waals surface area (Å²) in [6, 6.07) is 5.55. The van der Waals surface area contributed by atoms with Gasteiger partial charge in [0.1, 0.15) is 5.75 Å². The van der Waals surface area contributed by atoms with E-state index in [9.17, 15) is 0 Å². The van der Waals surface area contributed by atoms with Crippen molar-refractivity contribution in [2.45, 2.75) is 6.54 Å². The number of ether oxygens (including phenoxy) is 1. The van der Waals surface area contributed by atoms with Gasteiger partial charge in [-0.15, -0.1) is 5.10 Å². The zero-order valence-electron chi connectivity index (χ0n) is 8.61. The number of rotatable bonds is 4. The standard InChI is InChI=1S/C10H10ClN3OS/c1-15-10-3-2-7(4-9(10)11)12-5-8-6-16-14-13-8/h2-4,6,12H,5H2,1H3. The highest BCUT2D eigenvalue weighted by molar-refractivity contribution is 7.03. The Balaban J connectivity index is 2.02. The van der Waals surface area contributed by atoms with Gasteiger partial charge in [-0.25, -0.2) is 0 Å². The summed E-state index contributed by atoms with van der Waals surface area (Å²) in [5.74, 6) is 0.669. The predicted octanol–water partition coefficient (Wildman–Crippen LogP) is 2.81. The lowest BCUT2D eigenvalue weighted by Gasteiger charge is -2.07. The highest BCUT2D eigenvalue weighted by Gasteiger charge is 2.02. The highest BCUT2D eigenvalue weighted by atomic mass is 35.5. The monoisotopic (exact) mass is 255 g/mol. The maximum Gasteiger partial charge on any atom is 0.137 e. The average molecular weight is 256 g/mol. The molecule has 0 spiro atoms. The molecule has 1 heterocycles. The molecular weight excluding hydrogens is 246 g/mol. The fourth-order valence-electron chi connectivity index (χ4n) is 1.23. The van der Waals surface area contributed by atoms with Gasteiger partial charge in [-0.1, -0.05) is 16.1 Å². The number of halogens is 1. The van der Waals surface area contributed by atoms with Gasteiger partial charge in [0, 0.05) is 11.1 Å². The van der Waals surface area contributed by atoms with Crippen molar-refractivity contribution >= 4 is 28.8 Å². The molecule has 4 nitrogen and oxygen atoms in total. The molecule has 0 saturated heterocycles. The number of benzene rings is 1. The molecule has 0 unspecified atom stereocenters.